The number of phenolic OH excluding ortho intramolecular Hbond substituents is 2. The second kappa shape index (κ2) is 18.3. The first-order chi connectivity index (χ1) is 20.7. The molecule has 242 valence electrons. The van der Waals surface area contributed by atoms with Gasteiger partial charge in [0.2, 0.25) is 0 Å². The molecule has 2 saturated heterocycles. The molecule has 2 aliphatic rings. The predicted octanol–water partition coefficient (Wildman–Crippen LogP) is 3.19. The van der Waals surface area contributed by atoms with Gasteiger partial charge in [0.1, 0.15) is 44.2 Å². The van der Waals surface area contributed by atoms with Crippen molar-refractivity contribution in [2.24, 2.45) is 0 Å². The van der Waals surface area contributed by atoms with E-state index in [0.717, 1.165) is 156 Å². The van der Waals surface area contributed by atoms with Gasteiger partial charge in [-0.3, -0.25) is 0 Å². The number of nitrogen functional groups attached to an aromatic ring is 2. The maximum atomic E-state index is 9.46. The predicted molar refractivity (Wildman–Crippen MR) is 171 cm³/mol. The van der Waals surface area contributed by atoms with Crippen molar-refractivity contribution in [3.8, 4) is 11.5 Å². The van der Waals surface area contributed by atoms with Crippen LogP contribution in [0.2, 0.25) is 0 Å². The quantitative estimate of drug-likeness (QED) is 0.106. The van der Waals surface area contributed by atoms with Crippen LogP contribution < -0.4 is 11.5 Å². The van der Waals surface area contributed by atoms with Crippen molar-refractivity contribution < 1.29 is 38.1 Å². The van der Waals surface area contributed by atoms with Crippen LogP contribution in [-0.2, 0) is 31.8 Å². The molecule has 10 nitrogen and oxygen atoms in total. The second-order valence-corrected chi connectivity index (χ2v) is 12.4. The number of aryl methyl sites for hydroxylation is 2. The largest absolute Gasteiger partial charge is 0.508 e. The highest BCUT2D eigenvalue weighted by Crippen LogP contribution is 2.21. The van der Waals surface area contributed by atoms with Gasteiger partial charge >= 0.3 is 0 Å². The minimum atomic E-state index is 0.268. The van der Waals surface area contributed by atoms with Crippen LogP contribution in [0.3, 0.4) is 0 Å². The van der Waals surface area contributed by atoms with Crippen LogP contribution in [0.25, 0.3) is 0 Å². The Morgan fingerprint density at radius 3 is 1.53 bits per heavy atom. The standard InChI is InChI=1S/C17H28N2O3.C16H26N2O3/c1-19(8-12-22-13-9-19)7-3-11-21-10-2-4-15-14-16(20)5-6-17(15)18;1-18(7-11-21-12-8-18)6-10-20-9-2-3-14-13-15(19)4-5-16(14)17/h5-6,14H,2-4,7-13,18H2,1H3;4-5,13H,2-3,6-12,17H2,1H3/p+2. The van der Waals surface area contributed by atoms with Crippen molar-refractivity contribution in [1.29, 1.82) is 0 Å². The monoisotopic (exact) mass is 604 g/mol. The topological polar surface area (TPSA) is 129 Å². The number of quaternary nitrogens is 2. The number of rotatable bonds is 15. The van der Waals surface area contributed by atoms with Crippen LogP contribution >= 0.6 is 0 Å². The van der Waals surface area contributed by atoms with E-state index >= 15 is 0 Å². The van der Waals surface area contributed by atoms with Crippen LogP contribution in [0.4, 0.5) is 11.4 Å². The van der Waals surface area contributed by atoms with Crippen LogP contribution in [0.1, 0.15) is 30.4 Å². The normalized spacial score (nSPS) is 17.6. The van der Waals surface area contributed by atoms with E-state index in [9.17, 15) is 10.2 Å². The minimum absolute atomic E-state index is 0.268. The molecule has 2 fully saturated rings. The number of benzene rings is 2. The van der Waals surface area contributed by atoms with Crippen molar-refractivity contribution in [1.82, 2.24) is 0 Å². The van der Waals surface area contributed by atoms with Crippen molar-refractivity contribution >= 4 is 11.4 Å². The van der Waals surface area contributed by atoms with Crippen molar-refractivity contribution in [3.05, 3.63) is 47.5 Å². The summed E-state index contributed by atoms with van der Waals surface area (Å²) in [5, 5.41) is 18.9. The molecule has 0 atom stereocenters. The highest BCUT2D eigenvalue weighted by molar-refractivity contribution is 5.50. The van der Waals surface area contributed by atoms with Gasteiger partial charge in [-0.2, -0.15) is 0 Å². The van der Waals surface area contributed by atoms with E-state index in [1.807, 2.05) is 0 Å². The number of aromatic hydroxyl groups is 2. The molecule has 2 aromatic rings. The Balaban J connectivity index is 0.000000236. The first-order valence-electron chi connectivity index (χ1n) is 15.8. The third-order valence-electron chi connectivity index (χ3n) is 8.59. The lowest BCUT2D eigenvalue weighted by atomic mass is 10.1. The lowest BCUT2D eigenvalue weighted by Crippen LogP contribution is -2.53. The summed E-state index contributed by atoms with van der Waals surface area (Å²) in [7, 11) is 4.56. The lowest BCUT2D eigenvalue weighted by molar-refractivity contribution is -0.917. The molecule has 0 saturated carbocycles. The Morgan fingerprint density at radius 2 is 1.05 bits per heavy atom. The third-order valence-corrected chi connectivity index (χ3v) is 8.59. The fourth-order valence-corrected chi connectivity index (χ4v) is 5.40. The van der Waals surface area contributed by atoms with Gasteiger partial charge in [0.05, 0.1) is 60.3 Å². The molecule has 0 radical (unpaired) electrons. The van der Waals surface area contributed by atoms with Crippen LogP contribution in [0.5, 0.6) is 11.5 Å². The molecule has 2 heterocycles. The number of anilines is 2. The van der Waals surface area contributed by atoms with Gasteiger partial charge in [-0.15, -0.1) is 0 Å². The van der Waals surface area contributed by atoms with E-state index in [0.29, 0.717) is 0 Å². The van der Waals surface area contributed by atoms with Crippen molar-refractivity contribution in [2.75, 3.05) is 118 Å². The average Bonchev–Trinajstić information content (AvgIpc) is 2.99. The summed E-state index contributed by atoms with van der Waals surface area (Å²) in [5.74, 6) is 0.539. The fraction of sp³-hybridized carbons (Fsp3) is 0.636. The summed E-state index contributed by atoms with van der Waals surface area (Å²) in [6.45, 7) is 13.1. The van der Waals surface area contributed by atoms with Crippen LogP contribution in [0, 0.1) is 0 Å². The summed E-state index contributed by atoms with van der Waals surface area (Å²) in [6.07, 6.45) is 4.60. The van der Waals surface area contributed by atoms with Gasteiger partial charge in [0.25, 0.3) is 0 Å². The SMILES string of the molecule is C[N+]1(CCCOCCCc2cc(O)ccc2N)CCOCC1.C[N+]1(CCOCCCc2cc(O)ccc2N)CCOCC1. The van der Waals surface area contributed by atoms with E-state index in [1.54, 1.807) is 36.4 Å². The summed E-state index contributed by atoms with van der Waals surface area (Å²) in [4.78, 5) is 0. The zero-order valence-electron chi connectivity index (χ0n) is 26.5. The molecule has 0 aromatic heterocycles. The summed E-state index contributed by atoms with van der Waals surface area (Å²) in [5.41, 5.74) is 15.2. The first kappa shape index (κ1) is 34.9. The number of hydrogen-bond acceptors (Lipinski definition) is 8. The Morgan fingerprint density at radius 1 is 0.628 bits per heavy atom. The molecule has 0 bridgehead atoms. The Labute approximate surface area is 258 Å². The van der Waals surface area contributed by atoms with E-state index in [1.165, 1.54) is 0 Å². The molecule has 0 amide bonds. The molecule has 6 N–H and O–H groups in total. The molecule has 2 aliphatic heterocycles. The van der Waals surface area contributed by atoms with Crippen LogP contribution in [0.15, 0.2) is 36.4 Å². The summed E-state index contributed by atoms with van der Waals surface area (Å²) >= 11 is 0. The summed E-state index contributed by atoms with van der Waals surface area (Å²) < 4.78 is 24.4. The number of nitrogens with zero attached hydrogens (tertiary/aromatic N) is 2. The van der Waals surface area contributed by atoms with Gasteiger partial charge < -0.3 is 49.6 Å². The highest BCUT2D eigenvalue weighted by atomic mass is 16.5. The second-order valence-electron chi connectivity index (χ2n) is 12.4. The van der Waals surface area contributed by atoms with Crippen LogP contribution in [-0.4, -0.2) is 125 Å². The van der Waals surface area contributed by atoms with E-state index in [4.69, 9.17) is 30.4 Å². The maximum Gasteiger partial charge on any atom is 0.116 e. The Bertz CT molecular complexity index is 1070. The fourth-order valence-electron chi connectivity index (χ4n) is 5.40. The van der Waals surface area contributed by atoms with Crippen molar-refractivity contribution in [3.63, 3.8) is 0 Å². The Kier molecular flexibility index (Phi) is 14.8. The van der Waals surface area contributed by atoms with E-state index in [-0.39, 0.29) is 11.5 Å². The van der Waals surface area contributed by atoms with Gasteiger partial charge in [0.15, 0.2) is 0 Å². The average molecular weight is 605 g/mol. The zero-order valence-corrected chi connectivity index (χ0v) is 26.5. The molecule has 43 heavy (non-hydrogen) atoms. The molecule has 4 rings (SSSR count). The molecule has 10 heteroatoms. The number of morpholine rings is 2. The van der Waals surface area contributed by atoms with Gasteiger partial charge in [0, 0.05) is 31.0 Å². The van der Waals surface area contributed by atoms with Crippen molar-refractivity contribution in [2.45, 2.75) is 32.1 Å². The first-order valence-corrected chi connectivity index (χ1v) is 15.8. The molecular weight excluding hydrogens is 548 g/mol. The lowest BCUT2D eigenvalue weighted by Gasteiger charge is -2.37. The number of nitrogens with two attached hydrogens (primary N) is 2. The number of ether oxygens (including phenoxy) is 4. The van der Waals surface area contributed by atoms with E-state index < -0.39 is 0 Å². The van der Waals surface area contributed by atoms with E-state index in [2.05, 4.69) is 14.1 Å². The van der Waals surface area contributed by atoms with Gasteiger partial charge in [-0.25, -0.2) is 0 Å². The smallest absolute Gasteiger partial charge is 0.116 e. The van der Waals surface area contributed by atoms with Gasteiger partial charge in [-0.05, 0) is 73.2 Å². The molecule has 2 aromatic carbocycles. The number of phenols is 2. The molecule has 0 aliphatic carbocycles. The zero-order chi connectivity index (χ0) is 31.0. The molecular formula is C33H56N4O6+2. The van der Waals surface area contributed by atoms with Gasteiger partial charge in [-0.1, -0.05) is 0 Å². The molecule has 0 unspecified atom stereocenters. The molecule has 0 spiro atoms. The number of likely N-dealkylation sites (N-methyl/N-ethyl adjacent to an activating group) is 2. The number of hydrogen-bond donors (Lipinski definition) is 4. The summed E-state index contributed by atoms with van der Waals surface area (Å²) in [6, 6.07) is 10.2. The highest BCUT2D eigenvalue weighted by Gasteiger charge is 2.25. The third kappa shape index (κ3) is 13.3. The maximum absolute atomic E-state index is 9.46. The minimum Gasteiger partial charge on any atom is -0.508 e. The Hall–Kier alpha value is -2.60.